The van der Waals surface area contributed by atoms with Gasteiger partial charge < -0.3 is 24.7 Å². The highest BCUT2D eigenvalue weighted by Gasteiger charge is 2.27. The lowest BCUT2D eigenvalue weighted by molar-refractivity contribution is -0.0145. The molecule has 1 unspecified atom stereocenters. The standard InChI is InChI=1S/C19H15NO5/c20-12-6-7-14-13(9-12)17(21)18(22)19(25-14)15-10-23-16(24-15)8-11-4-2-1-3-5-11/h1-7,9-10,16,22H,8,20H2. The van der Waals surface area contributed by atoms with E-state index in [0.717, 1.165) is 5.56 Å². The number of nitrogens with two attached hydrogens (primary N) is 1. The van der Waals surface area contributed by atoms with Gasteiger partial charge in [0.2, 0.25) is 29.0 Å². The third-order valence-electron chi connectivity index (χ3n) is 3.94. The molecule has 2 heterocycles. The second-order valence-corrected chi connectivity index (χ2v) is 5.72. The second kappa shape index (κ2) is 5.90. The fraction of sp³-hybridized carbons (Fsp3) is 0.105. The third-order valence-corrected chi connectivity index (χ3v) is 3.94. The average Bonchev–Trinajstić information content (AvgIpc) is 3.07. The van der Waals surface area contributed by atoms with Crippen LogP contribution in [0.4, 0.5) is 5.69 Å². The van der Waals surface area contributed by atoms with E-state index >= 15 is 0 Å². The van der Waals surface area contributed by atoms with Gasteiger partial charge in [0, 0.05) is 12.1 Å². The summed E-state index contributed by atoms with van der Waals surface area (Å²) in [5.74, 6) is -0.416. The van der Waals surface area contributed by atoms with E-state index in [2.05, 4.69) is 0 Å². The Balaban J connectivity index is 1.63. The van der Waals surface area contributed by atoms with Crippen molar-refractivity contribution in [3.8, 4) is 5.75 Å². The fourth-order valence-electron chi connectivity index (χ4n) is 2.71. The number of hydrogen-bond acceptors (Lipinski definition) is 6. The zero-order valence-corrected chi connectivity index (χ0v) is 13.1. The first-order valence-electron chi connectivity index (χ1n) is 7.74. The van der Waals surface area contributed by atoms with Crippen molar-refractivity contribution < 1.29 is 19.0 Å². The van der Waals surface area contributed by atoms with Gasteiger partial charge in [-0.25, -0.2) is 0 Å². The van der Waals surface area contributed by atoms with Crippen LogP contribution in [-0.2, 0) is 15.9 Å². The molecule has 0 aliphatic carbocycles. The minimum atomic E-state index is -0.570. The normalized spacial score (nSPS) is 16.3. The monoisotopic (exact) mass is 337 g/mol. The van der Waals surface area contributed by atoms with Crippen LogP contribution in [0.1, 0.15) is 11.3 Å². The van der Waals surface area contributed by atoms with Crippen LogP contribution in [0.15, 0.2) is 64.0 Å². The maximum absolute atomic E-state index is 12.3. The number of fused-ring (bicyclic) bond motifs is 1. The third kappa shape index (κ3) is 2.78. The molecule has 2 aromatic carbocycles. The Labute approximate surface area is 142 Å². The Kier molecular flexibility index (Phi) is 3.57. The van der Waals surface area contributed by atoms with Crippen LogP contribution in [0.2, 0.25) is 0 Å². The van der Waals surface area contributed by atoms with Crippen LogP contribution < -0.4 is 11.2 Å². The molecule has 1 aromatic heterocycles. The van der Waals surface area contributed by atoms with Crippen molar-refractivity contribution in [3.63, 3.8) is 0 Å². The molecule has 4 rings (SSSR count). The van der Waals surface area contributed by atoms with E-state index in [9.17, 15) is 9.90 Å². The Hall–Kier alpha value is -3.41. The van der Waals surface area contributed by atoms with Gasteiger partial charge in [-0.1, -0.05) is 30.3 Å². The van der Waals surface area contributed by atoms with Crippen LogP contribution in [-0.4, -0.2) is 11.4 Å². The fourth-order valence-corrected chi connectivity index (χ4v) is 2.71. The van der Waals surface area contributed by atoms with Crippen molar-refractivity contribution in [2.45, 2.75) is 12.7 Å². The van der Waals surface area contributed by atoms with E-state index in [-0.39, 0.29) is 16.9 Å². The summed E-state index contributed by atoms with van der Waals surface area (Å²) in [6.45, 7) is 0. The topological polar surface area (TPSA) is 94.9 Å². The number of rotatable bonds is 3. The SMILES string of the molecule is Nc1ccc2oc(C3=COC(Cc4ccccc4)O3)c(O)c(=O)c2c1. The van der Waals surface area contributed by atoms with E-state index in [4.69, 9.17) is 19.6 Å². The molecular formula is C19H15NO5. The van der Waals surface area contributed by atoms with Crippen molar-refractivity contribution in [1.29, 1.82) is 0 Å². The molecule has 1 aliphatic rings. The van der Waals surface area contributed by atoms with Gasteiger partial charge in [0.05, 0.1) is 5.39 Å². The number of nitrogen functional groups attached to an aromatic ring is 1. The molecule has 0 radical (unpaired) electrons. The van der Waals surface area contributed by atoms with Gasteiger partial charge in [0.25, 0.3) is 0 Å². The van der Waals surface area contributed by atoms with Crippen LogP contribution >= 0.6 is 0 Å². The van der Waals surface area contributed by atoms with E-state index < -0.39 is 17.5 Å². The van der Waals surface area contributed by atoms with Gasteiger partial charge in [-0.05, 0) is 23.8 Å². The van der Waals surface area contributed by atoms with E-state index in [1.54, 1.807) is 12.1 Å². The average molecular weight is 337 g/mol. The molecule has 1 aliphatic heterocycles. The lowest BCUT2D eigenvalue weighted by Gasteiger charge is -2.12. The molecule has 0 bridgehead atoms. The van der Waals surface area contributed by atoms with Crippen molar-refractivity contribution >= 4 is 22.4 Å². The largest absolute Gasteiger partial charge is 0.501 e. The Morgan fingerprint density at radius 1 is 1.12 bits per heavy atom. The molecule has 0 spiro atoms. The zero-order chi connectivity index (χ0) is 17.4. The van der Waals surface area contributed by atoms with Gasteiger partial charge in [-0.15, -0.1) is 0 Å². The van der Waals surface area contributed by atoms with Gasteiger partial charge in [0.1, 0.15) is 11.8 Å². The summed E-state index contributed by atoms with van der Waals surface area (Å²) < 4.78 is 16.8. The summed E-state index contributed by atoms with van der Waals surface area (Å²) in [6.07, 6.45) is 1.31. The first kappa shape index (κ1) is 15.1. The summed E-state index contributed by atoms with van der Waals surface area (Å²) in [5, 5.41) is 10.4. The molecular weight excluding hydrogens is 322 g/mol. The highest BCUT2D eigenvalue weighted by molar-refractivity contribution is 5.83. The lowest BCUT2D eigenvalue weighted by atomic mass is 10.1. The first-order chi connectivity index (χ1) is 12.1. The predicted octanol–water partition coefficient (Wildman–Crippen LogP) is 2.99. The van der Waals surface area contributed by atoms with Crippen LogP contribution in [0.5, 0.6) is 5.75 Å². The Morgan fingerprint density at radius 3 is 2.72 bits per heavy atom. The first-order valence-corrected chi connectivity index (χ1v) is 7.74. The van der Waals surface area contributed by atoms with Crippen molar-refractivity contribution in [3.05, 3.63) is 76.3 Å². The predicted molar refractivity (Wildman–Crippen MR) is 92.6 cm³/mol. The highest BCUT2D eigenvalue weighted by Crippen LogP contribution is 2.32. The molecule has 3 aromatic rings. The number of aromatic hydroxyl groups is 1. The van der Waals surface area contributed by atoms with Gasteiger partial charge >= 0.3 is 0 Å². The quantitative estimate of drug-likeness (QED) is 0.714. The molecule has 1 atom stereocenters. The molecule has 0 saturated heterocycles. The lowest BCUT2D eigenvalue weighted by Crippen LogP contribution is -2.12. The molecule has 3 N–H and O–H groups in total. The Bertz CT molecular complexity index is 1020. The molecule has 126 valence electrons. The van der Waals surface area contributed by atoms with Crippen LogP contribution in [0.3, 0.4) is 0 Å². The highest BCUT2D eigenvalue weighted by atomic mass is 16.7. The number of hydrogen-bond donors (Lipinski definition) is 2. The molecule has 25 heavy (non-hydrogen) atoms. The molecule has 0 saturated carbocycles. The van der Waals surface area contributed by atoms with Crippen LogP contribution in [0, 0.1) is 0 Å². The zero-order valence-electron chi connectivity index (χ0n) is 13.1. The second-order valence-electron chi connectivity index (χ2n) is 5.72. The molecule has 6 nitrogen and oxygen atoms in total. The van der Waals surface area contributed by atoms with E-state index in [1.807, 2.05) is 30.3 Å². The van der Waals surface area contributed by atoms with Crippen LogP contribution in [0.25, 0.3) is 16.7 Å². The summed E-state index contributed by atoms with van der Waals surface area (Å²) in [7, 11) is 0. The van der Waals surface area contributed by atoms with Gasteiger partial charge in [-0.3, -0.25) is 4.79 Å². The van der Waals surface area contributed by atoms with E-state index in [1.165, 1.54) is 12.3 Å². The number of benzene rings is 2. The smallest absolute Gasteiger partial charge is 0.244 e. The summed E-state index contributed by atoms with van der Waals surface area (Å²) in [4.78, 5) is 12.3. The summed E-state index contributed by atoms with van der Waals surface area (Å²) >= 11 is 0. The van der Waals surface area contributed by atoms with Crippen molar-refractivity contribution in [1.82, 2.24) is 0 Å². The minimum absolute atomic E-state index is 0.0576. The number of ether oxygens (including phenoxy) is 2. The molecule has 6 heteroatoms. The Morgan fingerprint density at radius 2 is 1.92 bits per heavy atom. The minimum Gasteiger partial charge on any atom is -0.501 e. The van der Waals surface area contributed by atoms with E-state index in [0.29, 0.717) is 17.7 Å². The molecule has 0 amide bonds. The number of anilines is 1. The van der Waals surface area contributed by atoms with Crippen molar-refractivity contribution in [2.24, 2.45) is 0 Å². The van der Waals surface area contributed by atoms with Gasteiger partial charge in [-0.2, -0.15) is 0 Å². The maximum Gasteiger partial charge on any atom is 0.244 e. The maximum atomic E-state index is 12.3. The molecule has 0 fully saturated rings. The summed E-state index contributed by atoms with van der Waals surface area (Å²) in [5.41, 5.74) is 6.87. The summed E-state index contributed by atoms with van der Waals surface area (Å²) in [6, 6.07) is 14.4. The van der Waals surface area contributed by atoms with Gasteiger partial charge in [0.15, 0.2) is 0 Å². The van der Waals surface area contributed by atoms with Crippen molar-refractivity contribution in [2.75, 3.05) is 5.73 Å².